The molecule has 0 fully saturated rings. The molecule has 0 saturated carbocycles. The maximum atomic E-state index is 12.6. The molecule has 1 rings (SSSR count). The van der Waals surface area contributed by atoms with Gasteiger partial charge in [0.15, 0.2) is 0 Å². The quantitative estimate of drug-likeness (QED) is 0.346. The van der Waals surface area contributed by atoms with Crippen molar-refractivity contribution in [1.82, 2.24) is 0 Å². The molecule has 0 spiro atoms. The first-order valence-electron chi connectivity index (χ1n) is 3.69. The summed E-state index contributed by atoms with van der Waals surface area (Å²) in [6.07, 6.45) is 0. The summed E-state index contributed by atoms with van der Waals surface area (Å²) in [5, 5.41) is 0. The van der Waals surface area contributed by atoms with Crippen LogP contribution in [0.5, 0.6) is 0 Å². The molecule has 44 valence electrons. The summed E-state index contributed by atoms with van der Waals surface area (Å²) in [6.45, 7) is 0. The maximum absolute atomic E-state index is 12.6. The second-order valence-corrected chi connectivity index (χ2v) is 0.939. The minimum absolute atomic E-state index is 0. The van der Waals surface area contributed by atoms with Crippen LogP contribution in [-0.2, 0) is 0 Å². The first-order valence-corrected chi connectivity index (χ1v) is 1.69. The Morgan fingerprint density at radius 3 is 2.33 bits per heavy atom. The molecule has 0 radical (unpaired) electrons. The van der Waals surface area contributed by atoms with Crippen molar-refractivity contribution in [2.75, 3.05) is 0 Å². The number of benzene rings is 1. The van der Waals surface area contributed by atoms with E-state index in [1.807, 2.05) is 0 Å². The summed E-state index contributed by atoms with van der Waals surface area (Å²) in [5.74, 6) is -1.13. The van der Waals surface area contributed by atoms with Crippen molar-refractivity contribution < 1.29 is 26.9 Å². The third-order valence-electron chi connectivity index (χ3n) is 0.469. The van der Waals surface area contributed by atoms with Gasteiger partial charge in [-0.1, -0.05) is 0 Å². The predicted octanol–water partition coefficient (Wildman–Crippen LogP) is -1.75. The molecule has 0 atom stereocenters. The van der Waals surface area contributed by atoms with Crippen molar-refractivity contribution in [3.05, 3.63) is 36.1 Å². The van der Waals surface area contributed by atoms with Crippen LogP contribution in [0, 0.1) is 11.9 Å². The normalized spacial score (nSPS) is 13.0. The summed E-state index contributed by atoms with van der Waals surface area (Å²) >= 11 is 0. The Balaban J connectivity index is 0. The van der Waals surface area contributed by atoms with E-state index in [1.165, 1.54) is 0 Å². The fraction of sp³-hybridized carbons (Fsp3) is 0. The van der Waals surface area contributed by atoms with E-state index in [4.69, 9.17) is 5.48 Å². The topological polar surface area (TPSA) is 0 Å². The third-order valence-corrected chi connectivity index (χ3v) is 0.469. The van der Waals surface area contributed by atoms with Crippen molar-refractivity contribution >= 4 is 23.1 Å². The molecule has 1 aromatic carbocycles. The van der Waals surface area contributed by atoms with E-state index >= 15 is 0 Å². The average Bonchev–Trinajstić information content (AvgIpc) is 1.97. The molecule has 0 amide bonds. The number of hydrogen-bond donors (Lipinski definition) is 0. The minimum Gasteiger partial charge on any atom is -1.00 e. The first-order chi connectivity index (χ1) is 5.04. The predicted molar refractivity (Wildman–Crippen MR) is 31.0 cm³/mol. The van der Waals surface area contributed by atoms with Gasteiger partial charge >= 0.3 is 23.1 Å². The summed E-state index contributed by atoms with van der Waals surface area (Å²) in [5.41, 5.74) is 0. The molecule has 0 bridgehead atoms. The van der Waals surface area contributed by atoms with Gasteiger partial charge in [-0.3, -0.25) is 0 Å². The molecule has 9 heavy (non-hydrogen) atoms. The van der Waals surface area contributed by atoms with Crippen molar-refractivity contribution in [2.45, 2.75) is 0 Å². The van der Waals surface area contributed by atoms with Gasteiger partial charge in [0, 0.05) is 8.56 Å². The number of hydrogen-bond acceptors (Lipinski definition) is 0. The summed E-state index contributed by atoms with van der Waals surface area (Å²) in [6, 6.07) is -0.250. The molecule has 0 heterocycles. The van der Waals surface area contributed by atoms with E-state index in [2.05, 4.69) is 6.07 Å². The van der Waals surface area contributed by atoms with Gasteiger partial charge in [-0.15, -0.1) is 12.1 Å². The van der Waals surface area contributed by atoms with Gasteiger partial charge < -0.3 is 17.0 Å². The zero-order valence-electron chi connectivity index (χ0n) is 8.46. The molecule has 0 aromatic heterocycles. The fourth-order valence-corrected chi connectivity index (χ4v) is 0.235. The smallest absolute Gasteiger partial charge is 1.00 e. The van der Waals surface area contributed by atoms with Crippen LogP contribution in [-0.4, -0.2) is 23.1 Å². The van der Waals surface area contributed by atoms with Crippen LogP contribution < -0.4 is 17.0 Å². The monoisotopic (exact) mass is 202 g/mol. The van der Waals surface area contributed by atoms with Gasteiger partial charge in [0.2, 0.25) is 0 Å². The first kappa shape index (κ1) is 5.10. The molecule has 0 N–H and O–H groups in total. The Morgan fingerprint density at radius 1 is 1.44 bits per heavy atom. The van der Waals surface area contributed by atoms with Crippen LogP contribution in [0.3, 0.4) is 0 Å². The van der Waals surface area contributed by atoms with Gasteiger partial charge in [0.1, 0.15) is 0 Å². The molecule has 0 saturated heterocycles. The molecule has 0 nitrogen and oxygen atoms in total. The maximum Gasteiger partial charge on any atom is 2.00 e. The van der Waals surface area contributed by atoms with Crippen molar-refractivity contribution in [3.8, 4) is 0 Å². The van der Waals surface area contributed by atoms with Crippen LogP contribution in [0.1, 0.15) is 5.48 Å². The van der Waals surface area contributed by atoms with Gasteiger partial charge in [0.25, 0.3) is 0 Å². The molecule has 3 heteroatoms. The van der Waals surface area contributed by atoms with Crippen LogP contribution >= 0.6 is 0 Å². The van der Waals surface area contributed by atoms with Crippen molar-refractivity contribution in [1.29, 1.82) is 0 Å². The SMILES string of the molecule is [2H]c1[c-]c([2H])c([2H])c(F)c1[2H].[Br-].[Mg+2]. The Morgan fingerprint density at radius 2 is 1.89 bits per heavy atom. The average molecular weight is 203 g/mol. The van der Waals surface area contributed by atoms with E-state index in [0.29, 0.717) is 0 Å². The molecular weight excluding hydrogens is 195 g/mol. The largest absolute Gasteiger partial charge is 2.00 e. The molecule has 0 unspecified atom stereocenters. The van der Waals surface area contributed by atoms with Crippen LogP contribution in [0.4, 0.5) is 4.39 Å². The van der Waals surface area contributed by atoms with Crippen LogP contribution in [0.2, 0.25) is 0 Å². The zero-order valence-corrected chi connectivity index (χ0v) is 7.46. The standard InChI is InChI=1S/C6H4F.BrH.Mg/c7-6-4-2-1-3-5-6;;/h2-5H;1H;/q-1;;+2/p-1/i2D,3D,4D,5D;;. The fourth-order valence-electron chi connectivity index (χ4n) is 0.235. The van der Waals surface area contributed by atoms with Crippen molar-refractivity contribution in [3.63, 3.8) is 0 Å². The Hall–Kier alpha value is 0.396. The third kappa shape index (κ3) is 4.87. The number of halogens is 2. The Labute approximate surface area is 86.0 Å². The molecule has 0 aliphatic carbocycles. The minimum atomic E-state index is -1.13. The van der Waals surface area contributed by atoms with Gasteiger partial charge in [-0.05, 0) is 2.74 Å². The van der Waals surface area contributed by atoms with Crippen LogP contribution in [0.25, 0.3) is 0 Å². The molecule has 0 aliphatic heterocycles. The van der Waals surface area contributed by atoms with Gasteiger partial charge in [-0.2, -0.15) is 18.2 Å². The summed E-state index contributed by atoms with van der Waals surface area (Å²) in [4.78, 5) is 0. The van der Waals surface area contributed by atoms with E-state index in [1.54, 1.807) is 0 Å². The van der Waals surface area contributed by atoms with E-state index < -0.39 is 30.0 Å². The summed E-state index contributed by atoms with van der Waals surface area (Å²) < 4.78 is 40.2. The molecule has 0 aliphatic rings. The molecule has 1 aromatic rings. The van der Waals surface area contributed by atoms with E-state index in [-0.39, 0.29) is 40.0 Å². The Kier molecular flexibility index (Phi) is 3.69. The second kappa shape index (κ2) is 6.52. The van der Waals surface area contributed by atoms with E-state index in [9.17, 15) is 4.39 Å². The number of rotatable bonds is 0. The van der Waals surface area contributed by atoms with Gasteiger partial charge in [0.05, 0.1) is 0 Å². The summed E-state index contributed by atoms with van der Waals surface area (Å²) in [7, 11) is 0. The van der Waals surface area contributed by atoms with Crippen LogP contribution in [0.15, 0.2) is 24.2 Å². The van der Waals surface area contributed by atoms with Crippen molar-refractivity contribution in [2.24, 2.45) is 0 Å². The Bertz CT molecular complexity index is 281. The van der Waals surface area contributed by atoms with E-state index in [0.717, 1.165) is 0 Å². The molecular formula is C6H4BrFMg. The zero-order chi connectivity index (χ0) is 8.59. The second-order valence-electron chi connectivity index (χ2n) is 0.939. The van der Waals surface area contributed by atoms with Gasteiger partial charge in [-0.25, -0.2) is 4.39 Å².